The summed E-state index contributed by atoms with van der Waals surface area (Å²) in [5.41, 5.74) is 46.5. The molecule has 140 heavy (non-hydrogen) atoms. The molecule has 0 unspecified atom stereocenters. The number of carbonyl (C=O) groups is 18. The summed E-state index contributed by atoms with van der Waals surface area (Å²) < 4.78 is 0. The van der Waals surface area contributed by atoms with Gasteiger partial charge in [0.05, 0.1) is 18.9 Å². The number of carbonyl (C=O) groups excluding carboxylic acids is 15. The van der Waals surface area contributed by atoms with E-state index in [4.69, 9.17) is 67.5 Å². The number of carboxylic acids is 3. The first-order valence-electron chi connectivity index (χ1n) is 47.3. The van der Waals surface area contributed by atoms with Gasteiger partial charge in [-0.2, -0.15) is 0 Å². The van der Waals surface area contributed by atoms with E-state index < -0.39 is 258 Å². The van der Waals surface area contributed by atoms with Gasteiger partial charge in [-0.05, 0) is 176 Å². The Labute approximate surface area is 815 Å². The van der Waals surface area contributed by atoms with Crippen LogP contribution in [0.25, 0.3) is 0 Å². The number of nitrogens with one attached hydrogen (secondary N) is 22. The van der Waals surface area contributed by atoms with Crippen LogP contribution in [0.1, 0.15) is 222 Å². The smallest absolute Gasteiger partial charge is 0.326 e. The number of guanidine groups is 4. The van der Waals surface area contributed by atoms with Crippen molar-refractivity contribution in [2.24, 2.45) is 75.5 Å². The van der Waals surface area contributed by atoms with Crippen LogP contribution in [-0.2, 0) is 92.7 Å². The summed E-state index contributed by atoms with van der Waals surface area (Å²) in [6.45, 7) is 16.7. The Morgan fingerprint density at radius 3 is 0.836 bits per heavy atom. The van der Waals surface area contributed by atoms with Gasteiger partial charge in [0.2, 0.25) is 88.6 Å². The second-order valence-corrected chi connectivity index (χ2v) is 35.6. The molecular formula is C88H156N30O22. The first-order chi connectivity index (χ1) is 65.8. The molecule has 1 aromatic rings. The molecule has 0 aliphatic rings. The molecular weight excluding hydrogens is 1830 g/mol. The average Bonchev–Trinajstić information content (AvgIpc) is 0.842. The number of unbranched alkanes of at least 4 members (excludes halogenated alkanes) is 2. The Kier molecular flexibility index (Phi) is 59.4. The zero-order valence-corrected chi connectivity index (χ0v) is 81.8. The second-order valence-electron chi connectivity index (χ2n) is 35.6. The first kappa shape index (κ1) is 124. The summed E-state index contributed by atoms with van der Waals surface area (Å²) in [6.07, 6.45) is -2.93. The minimum absolute atomic E-state index is 0.0102. The lowest BCUT2D eigenvalue weighted by Crippen LogP contribution is -2.62. The normalized spacial score (nSPS) is 15.0. The highest BCUT2D eigenvalue weighted by molar-refractivity contribution is 6.02. The molecule has 0 spiro atoms. The van der Waals surface area contributed by atoms with E-state index in [9.17, 15) is 107 Å². The molecule has 42 N–H and O–H groups in total. The predicted molar refractivity (Wildman–Crippen MR) is 517 cm³/mol. The minimum Gasteiger partial charge on any atom is -0.508 e. The van der Waals surface area contributed by atoms with E-state index in [1.165, 1.54) is 19.1 Å². The molecule has 52 nitrogen and oxygen atoms in total. The van der Waals surface area contributed by atoms with E-state index in [0.29, 0.717) is 18.4 Å². The number of phenolic OH excluding ortho intramolecular Hbond substituents is 1. The SMILES string of the molecule is CC[C@H](C)[C@H](NC(=O)[C@H](CC(C)C)NC(=O)[C@H](CCCNC(=N)N)NC(=O)[C@H](CC(=O)O)NC(=O)[C@@H](NC(=O)[C@H](CCCCN)NC(=O)[C@H](CCCNC(=N)N)NC(=O)[C@H](CCC(N)=O)NC(=O)[C@H](CCCNC(=N)N)NC(=O)[C@H](CC(C)C)NC(=O)[C@@H](NC(=O)[C@H](CCCCN)NC(=O)[C@H](CCCNC(=N)N)NC(=O)[C@@H](N)Cc1ccc(O)cc1)[C@@H](C)CC)[C@@H](C)CC)C(=O)N[C@@H](CC(=O)O)C(=O)O. The summed E-state index contributed by atoms with van der Waals surface area (Å²) in [5, 5.41) is 116. The van der Waals surface area contributed by atoms with Crippen LogP contribution in [0.3, 0.4) is 0 Å². The van der Waals surface area contributed by atoms with Gasteiger partial charge in [-0.1, -0.05) is 101 Å². The Morgan fingerprint density at radius 2 is 0.557 bits per heavy atom. The van der Waals surface area contributed by atoms with Gasteiger partial charge in [-0.25, -0.2) is 4.79 Å². The number of carboxylic acid groups (broad SMARTS) is 3. The van der Waals surface area contributed by atoms with E-state index in [0.717, 1.165) is 0 Å². The predicted octanol–water partition coefficient (Wildman–Crippen LogP) is -6.11. The van der Waals surface area contributed by atoms with E-state index in [2.05, 4.69) is 95.7 Å². The third kappa shape index (κ3) is 50.7. The average molecular weight is 1990 g/mol. The molecule has 0 aliphatic carbocycles. The van der Waals surface area contributed by atoms with Crippen LogP contribution in [0.5, 0.6) is 5.75 Å². The van der Waals surface area contributed by atoms with Crippen molar-refractivity contribution in [2.45, 2.75) is 314 Å². The first-order valence-corrected chi connectivity index (χ1v) is 47.3. The molecule has 0 aliphatic heterocycles. The van der Waals surface area contributed by atoms with Crippen LogP contribution in [0.2, 0.25) is 0 Å². The zero-order valence-electron chi connectivity index (χ0n) is 81.8. The third-order valence-electron chi connectivity index (χ3n) is 22.7. The van der Waals surface area contributed by atoms with Crippen LogP contribution in [0.4, 0.5) is 0 Å². The van der Waals surface area contributed by atoms with Crippen molar-refractivity contribution in [3.05, 3.63) is 29.8 Å². The number of hydrogen-bond acceptors (Lipinski definition) is 26. The molecule has 52 heteroatoms. The fourth-order valence-electron chi connectivity index (χ4n) is 14.3. The van der Waals surface area contributed by atoms with Crippen molar-refractivity contribution < 1.29 is 107 Å². The Hall–Kier alpha value is -13.6. The van der Waals surface area contributed by atoms with Crippen LogP contribution in [0.15, 0.2) is 24.3 Å². The van der Waals surface area contributed by atoms with Gasteiger partial charge in [-0.3, -0.25) is 103 Å². The highest BCUT2D eigenvalue weighted by Gasteiger charge is 2.41. The van der Waals surface area contributed by atoms with Gasteiger partial charge in [-0.15, -0.1) is 0 Å². The van der Waals surface area contributed by atoms with Crippen molar-refractivity contribution in [3.8, 4) is 5.75 Å². The van der Waals surface area contributed by atoms with Crippen molar-refractivity contribution in [3.63, 3.8) is 0 Å². The molecule has 0 aromatic heterocycles. The lowest BCUT2D eigenvalue weighted by molar-refractivity contribution is -0.147. The van der Waals surface area contributed by atoms with Crippen molar-refractivity contribution in [2.75, 3.05) is 39.3 Å². The molecule has 1 aromatic carbocycles. The number of nitrogens with two attached hydrogens (primary N) is 8. The number of benzene rings is 1. The van der Waals surface area contributed by atoms with Gasteiger partial charge in [0.15, 0.2) is 23.8 Å². The second kappa shape index (κ2) is 66.9. The zero-order chi connectivity index (χ0) is 106. The molecule has 0 saturated heterocycles. The molecule has 0 fully saturated rings. The quantitative estimate of drug-likeness (QED) is 0.0164. The molecule has 0 radical (unpaired) electrons. The molecule has 15 amide bonds. The topological polar surface area (TPSA) is 908 Å². The maximum atomic E-state index is 15.0. The fraction of sp³-hybridized carbons (Fsp3) is 0.682. The summed E-state index contributed by atoms with van der Waals surface area (Å²) in [6, 6.07) is -17.7. The lowest BCUT2D eigenvalue weighted by atomic mass is 9.95. The highest BCUT2D eigenvalue weighted by atomic mass is 16.4. The summed E-state index contributed by atoms with van der Waals surface area (Å²) in [5.74, 6) is -24.7. The van der Waals surface area contributed by atoms with Crippen molar-refractivity contribution in [1.82, 2.24) is 95.7 Å². The fourth-order valence-corrected chi connectivity index (χ4v) is 14.3. The summed E-state index contributed by atoms with van der Waals surface area (Å²) in [7, 11) is 0. The van der Waals surface area contributed by atoms with Gasteiger partial charge >= 0.3 is 17.9 Å². The van der Waals surface area contributed by atoms with E-state index in [1.807, 2.05) is 0 Å². The monoisotopic (exact) mass is 1990 g/mol. The van der Waals surface area contributed by atoms with Crippen molar-refractivity contribution in [1.29, 1.82) is 21.6 Å². The van der Waals surface area contributed by atoms with Gasteiger partial charge < -0.3 is 162 Å². The van der Waals surface area contributed by atoms with E-state index in [-0.39, 0.29) is 178 Å². The Bertz CT molecular complexity index is 4260. The van der Waals surface area contributed by atoms with Gasteiger partial charge in [0.1, 0.15) is 90.3 Å². The maximum Gasteiger partial charge on any atom is 0.326 e. The number of hydrogen-bond donors (Lipinski definition) is 34. The number of aromatic hydroxyl groups is 1. The van der Waals surface area contributed by atoms with Crippen LogP contribution < -0.4 is 142 Å². The third-order valence-corrected chi connectivity index (χ3v) is 22.7. The lowest BCUT2D eigenvalue weighted by Gasteiger charge is -2.30. The Morgan fingerprint density at radius 1 is 0.314 bits per heavy atom. The van der Waals surface area contributed by atoms with Crippen LogP contribution >= 0.6 is 0 Å². The largest absolute Gasteiger partial charge is 0.508 e. The van der Waals surface area contributed by atoms with E-state index in [1.54, 1.807) is 74.4 Å². The molecule has 18 atom stereocenters. The molecule has 0 bridgehead atoms. The maximum absolute atomic E-state index is 15.0. The van der Waals surface area contributed by atoms with Gasteiger partial charge in [0.25, 0.3) is 0 Å². The van der Waals surface area contributed by atoms with Gasteiger partial charge in [0, 0.05) is 32.6 Å². The minimum atomic E-state index is -2.04. The molecule has 0 heterocycles. The standard InChI is InChI=1S/C88H156N30O22/c1-11-47(8)67(116-76(131)53(22-14-16-34-89)106-71(126)55(24-18-36-101-85(93)94)105-70(125)52(91)42-50-28-30-51(119)31-29-50)81(136)113-60(40-45(4)5)78(133)109-57(26-20-38-103-87(97)98)73(128)111-59(32-33-64(92)120)75(130)108-56(25-19-37-102-86(95)96)72(127)107-54(23-15-17-35-90)77(132)117-68(48(9)12-2)82(137)114-62(43-65(121)122)79(134)110-58(27-21-39-104-88(99)100)74(129)112-61(41-46(6)7)80(135)118-69(49(10)13-3)83(138)115-63(84(139)140)44-66(123)124/h28-31,45-49,52-63,67-69,119H,11-27,32-44,89-91H2,1-10H3,(H2,92,120)(H,105,125)(H,106,126)(H,107,127)(H,108,130)(H,109,133)(H,110,134)(H,111,128)(H,112,129)(H,113,136)(H,114,137)(H,115,138)(H,116,131)(H,117,132)(H,118,135)(H,121,122)(H,123,124)(H,139,140)(H4,93,94,101)(H4,95,96,102)(H4,97,98,103)(H4,99,100,104)/t47-,48-,49-,52-,53-,54-,55-,56-,57-,58-,59-,60-,61-,62-,63-,67-,68-,69-/m0/s1. The van der Waals surface area contributed by atoms with Crippen LogP contribution in [0, 0.1) is 51.2 Å². The molecule has 790 valence electrons. The Balaban J connectivity index is 4.00. The van der Waals surface area contributed by atoms with Crippen molar-refractivity contribution >= 4 is 130 Å². The molecule has 1 rings (SSSR count). The van der Waals surface area contributed by atoms with Crippen LogP contribution in [-0.4, -0.2) is 281 Å². The number of amides is 15. The highest BCUT2D eigenvalue weighted by Crippen LogP contribution is 2.20. The number of phenols is 1. The molecule has 0 saturated carbocycles. The number of rotatable bonds is 72. The summed E-state index contributed by atoms with van der Waals surface area (Å²) in [4.78, 5) is 253. The van der Waals surface area contributed by atoms with E-state index >= 15 is 0 Å². The summed E-state index contributed by atoms with van der Waals surface area (Å²) >= 11 is 0. The number of primary amides is 1. The number of aliphatic carboxylic acids is 3.